The van der Waals surface area contributed by atoms with Gasteiger partial charge in [-0.05, 0) is 263 Å². The van der Waals surface area contributed by atoms with Gasteiger partial charge in [-0.25, -0.2) is 0 Å². The smallest absolute Gasteiger partial charge is 0.0619 e. The molecule has 0 unspecified atom stereocenters. The van der Waals surface area contributed by atoms with Crippen LogP contribution in [0.15, 0.2) is 582 Å². The highest BCUT2D eigenvalue weighted by Gasteiger charge is 2.26. The lowest BCUT2D eigenvalue weighted by Gasteiger charge is -2.26. The topological polar surface area (TPSA) is 24.5 Å². The van der Waals surface area contributed by atoms with Crippen LogP contribution >= 0.6 is 0 Å². The highest BCUT2D eigenvalue weighted by Crippen LogP contribution is 2.49. The van der Waals surface area contributed by atoms with E-state index >= 15 is 0 Å². The van der Waals surface area contributed by atoms with Gasteiger partial charge in [0.15, 0.2) is 0 Å². The molecule has 686 valence electrons. The molecular weight excluding hydrogens is 1770 g/mol. The molecule has 3 heterocycles. The minimum Gasteiger partial charge on any atom is -0.310 e. The molecule has 0 atom stereocenters. The van der Waals surface area contributed by atoms with E-state index in [1.165, 1.54) is 175 Å². The van der Waals surface area contributed by atoms with Crippen molar-refractivity contribution in [3.63, 3.8) is 0 Å². The van der Waals surface area contributed by atoms with Crippen LogP contribution < -0.4 is 14.7 Å². The van der Waals surface area contributed by atoms with Gasteiger partial charge in [-0.1, -0.05) is 413 Å². The number of hydrogen-bond acceptors (Lipinski definition) is 3. The molecule has 0 N–H and O–H groups in total. The van der Waals surface area contributed by atoms with Crippen molar-refractivity contribution in [1.29, 1.82) is 0 Å². The van der Waals surface area contributed by atoms with E-state index in [1.807, 2.05) is 0 Å². The molecule has 0 saturated heterocycles. The van der Waals surface area contributed by atoms with Gasteiger partial charge >= 0.3 is 0 Å². The van der Waals surface area contributed by atoms with E-state index < -0.39 is 0 Å². The Morgan fingerprint density at radius 1 is 0.110 bits per heavy atom. The second kappa shape index (κ2) is 38.0. The standard InChI is InChI=1S/C50H34N2.C46H32N2.C44H30N2/c1-3-11-35(12-4-1)38-19-25-42(26-20-38)51(43-27-21-39(22-28-43)36-13-5-2-6-14-36)45-30-32-49-48(34-45)47-31-24-40-16-9-10-18-46(40)50(47)52(49)44-29-23-37-15-7-8-17-41(37)33-44;1-4-12-33(13-5-1)35-20-25-39(26-21-35)47(40-27-22-36(23-28-40)34-14-6-2-7-15-34)41-29-31-45-44(32-41)43-30-24-37-16-10-11-19-42(37)46(43)48(45)38-17-8-3-9-18-38;1-3-14-36(15-4-1)45(38-24-21-32(22-25-38)35-20-19-31-11-7-8-13-34(31)29-35)39-26-28-43-42(30-39)41-27-23-33-12-9-10-18-40(33)44(41)46(43)37-16-5-2-6-17-37/h1-34H;1-32H;1-30H. The van der Waals surface area contributed by atoms with Crippen LogP contribution in [0, 0.1) is 0 Å². The van der Waals surface area contributed by atoms with Gasteiger partial charge in [0.25, 0.3) is 0 Å². The molecule has 0 fully saturated rings. The molecule has 0 aliphatic heterocycles. The SMILES string of the molecule is c1ccc(-c2ccc(N(c3ccc(-c4ccccc4)cc3)c3ccc4c(c3)c3ccc5ccccc5c3n4-c3ccc4ccccc4c3)cc2)cc1.c1ccc(-c2ccc(N(c3ccc(-c4ccccc4)cc3)c3ccc4c(c3)c3ccc5ccccc5c3n4-c3ccccc3)cc2)cc1.c1ccc(N(c2ccc(-c3ccc4ccccc4c3)cc2)c2ccc3c(c2)c2ccc4ccccc4c2n3-c2ccccc2)cc1. The Balaban J connectivity index is 0.000000111. The summed E-state index contributed by atoms with van der Waals surface area (Å²) in [6.45, 7) is 0. The minimum atomic E-state index is 1.11. The van der Waals surface area contributed by atoms with Gasteiger partial charge in [0.2, 0.25) is 0 Å². The summed E-state index contributed by atoms with van der Waals surface area (Å²) in [4.78, 5) is 7.11. The third kappa shape index (κ3) is 16.3. The first-order chi connectivity index (χ1) is 72.4. The van der Waals surface area contributed by atoms with Gasteiger partial charge in [0.05, 0.1) is 33.1 Å². The van der Waals surface area contributed by atoms with Crippen molar-refractivity contribution in [3.8, 4) is 72.7 Å². The molecule has 146 heavy (non-hydrogen) atoms. The van der Waals surface area contributed by atoms with E-state index in [4.69, 9.17) is 0 Å². The van der Waals surface area contributed by atoms with Gasteiger partial charge in [-0.15, -0.1) is 0 Å². The van der Waals surface area contributed by atoms with Crippen LogP contribution in [-0.2, 0) is 0 Å². The molecule has 6 heteroatoms. The average Bonchev–Trinajstić information content (AvgIpc) is 1.57. The number of anilines is 9. The second-order valence-corrected chi connectivity index (χ2v) is 37.5. The predicted molar refractivity (Wildman–Crippen MR) is 621 cm³/mol. The third-order valence-corrected chi connectivity index (χ3v) is 28.9. The van der Waals surface area contributed by atoms with Crippen molar-refractivity contribution in [2.75, 3.05) is 14.7 Å². The van der Waals surface area contributed by atoms with Gasteiger partial charge < -0.3 is 28.4 Å². The van der Waals surface area contributed by atoms with E-state index in [-0.39, 0.29) is 0 Å². The molecule has 25 aromatic carbocycles. The van der Waals surface area contributed by atoms with Crippen LogP contribution in [-0.4, -0.2) is 13.7 Å². The summed E-state index contributed by atoms with van der Waals surface area (Å²) in [5.41, 5.74) is 32.8. The van der Waals surface area contributed by atoms with Crippen LogP contribution in [0.2, 0.25) is 0 Å². The Kier molecular flexibility index (Phi) is 22.6. The van der Waals surface area contributed by atoms with Gasteiger partial charge in [0, 0.05) is 117 Å². The summed E-state index contributed by atoms with van der Waals surface area (Å²) in [5, 5.41) is 19.9. The first-order valence-corrected chi connectivity index (χ1v) is 50.1. The van der Waals surface area contributed by atoms with Crippen molar-refractivity contribution < 1.29 is 0 Å². The van der Waals surface area contributed by atoms with Crippen LogP contribution in [0.4, 0.5) is 51.2 Å². The van der Waals surface area contributed by atoms with Crippen LogP contribution in [0.1, 0.15) is 0 Å². The molecule has 0 bridgehead atoms. The first-order valence-electron chi connectivity index (χ1n) is 50.1. The van der Waals surface area contributed by atoms with Crippen LogP contribution in [0.3, 0.4) is 0 Å². The molecule has 3 aromatic heterocycles. The molecule has 0 spiro atoms. The molecule has 6 nitrogen and oxygen atoms in total. The van der Waals surface area contributed by atoms with Crippen molar-refractivity contribution in [3.05, 3.63) is 582 Å². The highest BCUT2D eigenvalue weighted by molar-refractivity contribution is 6.23. The lowest BCUT2D eigenvalue weighted by molar-refractivity contribution is 1.18. The van der Waals surface area contributed by atoms with Gasteiger partial charge in [0.1, 0.15) is 0 Å². The predicted octanol–water partition coefficient (Wildman–Crippen LogP) is 38.9. The number of aromatic nitrogens is 3. The molecular formula is C140H96N6. The Bertz CT molecular complexity index is 9510. The summed E-state index contributed by atoms with van der Waals surface area (Å²) in [6, 6.07) is 210. The van der Waals surface area contributed by atoms with Crippen molar-refractivity contribution in [2.45, 2.75) is 0 Å². The molecule has 0 saturated carbocycles. The minimum absolute atomic E-state index is 1.11. The Morgan fingerprint density at radius 2 is 0.329 bits per heavy atom. The Labute approximate surface area is 847 Å². The number of fused-ring (bicyclic) bond motifs is 17. The molecule has 0 aliphatic rings. The highest BCUT2D eigenvalue weighted by atomic mass is 15.2. The summed E-state index contributed by atoms with van der Waals surface area (Å²) in [6.07, 6.45) is 0. The first kappa shape index (κ1) is 86.9. The third-order valence-electron chi connectivity index (χ3n) is 28.9. The maximum Gasteiger partial charge on any atom is 0.0619 e. The zero-order valence-corrected chi connectivity index (χ0v) is 80.1. The monoisotopic (exact) mass is 1860 g/mol. The van der Waals surface area contributed by atoms with E-state index in [0.717, 1.165) is 68.2 Å². The Morgan fingerprint density at radius 3 is 0.651 bits per heavy atom. The molecule has 0 aliphatic carbocycles. The molecule has 28 aromatic rings. The fourth-order valence-electron chi connectivity index (χ4n) is 21.8. The zero-order chi connectivity index (χ0) is 96.7. The van der Waals surface area contributed by atoms with Crippen LogP contribution in [0.25, 0.3) is 192 Å². The lowest BCUT2D eigenvalue weighted by atomic mass is 10.0. The second-order valence-electron chi connectivity index (χ2n) is 37.5. The molecule has 0 radical (unpaired) electrons. The molecule has 28 rings (SSSR count). The zero-order valence-electron chi connectivity index (χ0n) is 80.1. The summed E-state index contributed by atoms with van der Waals surface area (Å²) >= 11 is 0. The van der Waals surface area contributed by atoms with E-state index in [9.17, 15) is 0 Å². The maximum absolute atomic E-state index is 2.46. The van der Waals surface area contributed by atoms with Gasteiger partial charge in [-0.2, -0.15) is 0 Å². The lowest BCUT2D eigenvalue weighted by Crippen LogP contribution is -2.10. The maximum atomic E-state index is 2.46. The van der Waals surface area contributed by atoms with Gasteiger partial charge in [-0.3, -0.25) is 0 Å². The average molecular weight is 1860 g/mol. The quantitative estimate of drug-likeness (QED) is 0.0908. The fraction of sp³-hybridized carbons (Fsp3) is 0. The number of nitrogens with zero attached hydrogens (tertiary/aromatic N) is 6. The Hall–Kier alpha value is -19.4. The summed E-state index contributed by atoms with van der Waals surface area (Å²) < 4.78 is 7.29. The molecule has 0 amide bonds. The van der Waals surface area contributed by atoms with Crippen LogP contribution in [0.5, 0.6) is 0 Å². The number of rotatable bonds is 17. The van der Waals surface area contributed by atoms with E-state index in [0.29, 0.717) is 0 Å². The summed E-state index contributed by atoms with van der Waals surface area (Å²) in [5.74, 6) is 0. The van der Waals surface area contributed by atoms with E-state index in [2.05, 4.69) is 611 Å². The number of benzene rings is 25. The fourth-order valence-corrected chi connectivity index (χ4v) is 21.8. The largest absolute Gasteiger partial charge is 0.310 e. The number of hydrogen-bond donors (Lipinski definition) is 0. The van der Waals surface area contributed by atoms with Crippen molar-refractivity contribution in [1.82, 2.24) is 13.7 Å². The van der Waals surface area contributed by atoms with Crippen molar-refractivity contribution >= 4 is 170 Å². The van der Waals surface area contributed by atoms with E-state index in [1.54, 1.807) is 0 Å². The normalized spacial score (nSPS) is 11.4. The van der Waals surface area contributed by atoms with Crippen molar-refractivity contribution in [2.24, 2.45) is 0 Å². The number of para-hydroxylation sites is 3. The summed E-state index contributed by atoms with van der Waals surface area (Å²) in [7, 11) is 0.